The topological polar surface area (TPSA) is 97.7 Å². The molecular weight excluding hydrogens is 533 g/mol. The van der Waals surface area contributed by atoms with Gasteiger partial charge < -0.3 is 9.29 Å². The van der Waals surface area contributed by atoms with Crippen molar-refractivity contribution in [2.75, 3.05) is 0 Å². The lowest BCUT2D eigenvalue weighted by Gasteiger charge is -2.12. The molecule has 0 saturated heterocycles. The first-order valence-corrected chi connectivity index (χ1v) is 12.9. The SMILES string of the molecule is O=Cc1ccc(Cc2ccccc2)cc1O.O=Cc1ccc(Cc2ccccc2)cc1OS(=O)(=O)C(F)(F)F. The largest absolute Gasteiger partial charge is 0.534 e. The summed E-state index contributed by atoms with van der Waals surface area (Å²) in [6.07, 6.45) is 1.99. The van der Waals surface area contributed by atoms with Gasteiger partial charge in [0.25, 0.3) is 0 Å². The van der Waals surface area contributed by atoms with Crippen molar-refractivity contribution in [3.8, 4) is 11.5 Å². The zero-order chi connectivity index (χ0) is 28.5. The fourth-order valence-electron chi connectivity index (χ4n) is 3.49. The molecule has 0 heterocycles. The zero-order valence-electron chi connectivity index (χ0n) is 20.3. The summed E-state index contributed by atoms with van der Waals surface area (Å²) in [5.74, 6) is -0.603. The summed E-state index contributed by atoms with van der Waals surface area (Å²) in [4.78, 5) is 21.4. The van der Waals surface area contributed by atoms with Crippen molar-refractivity contribution in [1.29, 1.82) is 0 Å². The van der Waals surface area contributed by atoms with Crippen molar-refractivity contribution in [2.45, 2.75) is 18.3 Å². The average Bonchev–Trinajstić information content (AvgIpc) is 2.90. The van der Waals surface area contributed by atoms with Crippen LogP contribution in [0.5, 0.6) is 11.5 Å². The molecule has 0 radical (unpaired) electrons. The smallest absolute Gasteiger partial charge is 0.507 e. The third kappa shape index (κ3) is 8.27. The Kier molecular flexibility index (Phi) is 9.62. The fourth-order valence-corrected chi connectivity index (χ4v) is 3.96. The zero-order valence-corrected chi connectivity index (χ0v) is 21.2. The minimum Gasteiger partial charge on any atom is -0.507 e. The highest BCUT2D eigenvalue weighted by Crippen LogP contribution is 2.29. The number of benzene rings is 4. The second-order valence-corrected chi connectivity index (χ2v) is 9.85. The van der Waals surface area contributed by atoms with Crippen LogP contribution in [0, 0.1) is 0 Å². The molecule has 202 valence electrons. The maximum Gasteiger partial charge on any atom is 0.534 e. The van der Waals surface area contributed by atoms with Gasteiger partial charge in [-0.2, -0.15) is 21.6 Å². The van der Waals surface area contributed by atoms with Gasteiger partial charge in [0.05, 0.1) is 11.1 Å². The van der Waals surface area contributed by atoms with Crippen molar-refractivity contribution in [2.24, 2.45) is 0 Å². The van der Waals surface area contributed by atoms with Crippen LogP contribution in [0.3, 0.4) is 0 Å². The summed E-state index contributed by atoms with van der Waals surface area (Å²) < 4.78 is 63.5. The molecule has 10 heteroatoms. The number of phenols is 1. The van der Waals surface area contributed by atoms with Crippen molar-refractivity contribution >= 4 is 22.7 Å². The molecule has 0 fully saturated rings. The first-order valence-electron chi connectivity index (χ1n) is 11.5. The highest BCUT2D eigenvalue weighted by Gasteiger charge is 2.48. The molecule has 6 nitrogen and oxygen atoms in total. The summed E-state index contributed by atoms with van der Waals surface area (Å²) in [5.41, 5.74) is -1.96. The van der Waals surface area contributed by atoms with E-state index in [9.17, 15) is 36.3 Å². The molecule has 4 rings (SSSR count). The molecule has 0 aliphatic carbocycles. The highest BCUT2D eigenvalue weighted by atomic mass is 32.2. The minimum atomic E-state index is -5.83. The number of carbonyl (C=O) groups is 2. The van der Waals surface area contributed by atoms with E-state index in [0.717, 1.165) is 23.6 Å². The van der Waals surface area contributed by atoms with Crippen molar-refractivity contribution in [1.82, 2.24) is 0 Å². The summed E-state index contributed by atoms with van der Waals surface area (Å²) >= 11 is 0. The summed E-state index contributed by atoms with van der Waals surface area (Å²) in [6, 6.07) is 28.0. The Bertz CT molecular complexity index is 1520. The summed E-state index contributed by atoms with van der Waals surface area (Å²) in [5, 5.41) is 9.54. The van der Waals surface area contributed by atoms with Crippen LogP contribution in [0.4, 0.5) is 13.2 Å². The minimum absolute atomic E-state index is 0.0448. The first kappa shape index (κ1) is 29.1. The van der Waals surface area contributed by atoms with E-state index in [1.807, 2.05) is 42.5 Å². The molecule has 4 aromatic rings. The van der Waals surface area contributed by atoms with Crippen molar-refractivity contribution in [3.05, 3.63) is 130 Å². The lowest BCUT2D eigenvalue weighted by atomic mass is 10.0. The number of hydrogen-bond acceptors (Lipinski definition) is 6. The summed E-state index contributed by atoms with van der Waals surface area (Å²) in [6.45, 7) is 0. The van der Waals surface area contributed by atoms with Gasteiger partial charge in [0.15, 0.2) is 18.3 Å². The molecule has 4 aromatic carbocycles. The van der Waals surface area contributed by atoms with E-state index >= 15 is 0 Å². The highest BCUT2D eigenvalue weighted by molar-refractivity contribution is 7.88. The van der Waals surface area contributed by atoms with E-state index in [0.29, 0.717) is 23.8 Å². The second kappa shape index (κ2) is 12.9. The van der Waals surface area contributed by atoms with Gasteiger partial charge in [0.2, 0.25) is 0 Å². The van der Waals surface area contributed by atoms with Gasteiger partial charge >= 0.3 is 15.6 Å². The fraction of sp³-hybridized carbons (Fsp3) is 0.103. The number of phenolic OH excluding ortho intramolecular Hbond substituents is 1. The maximum absolute atomic E-state index is 12.4. The van der Waals surface area contributed by atoms with Crippen LogP contribution in [-0.2, 0) is 23.0 Å². The third-order valence-electron chi connectivity index (χ3n) is 5.41. The van der Waals surface area contributed by atoms with Gasteiger partial charge in [-0.1, -0.05) is 72.8 Å². The molecule has 0 saturated carbocycles. The van der Waals surface area contributed by atoms with Crippen LogP contribution < -0.4 is 4.18 Å². The van der Waals surface area contributed by atoms with Crippen molar-refractivity contribution < 1.29 is 40.5 Å². The predicted octanol–water partition coefficient (Wildman–Crippen LogP) is 6.11. The standard InChI is InChI=1S/C15H11F3O4S.C14H12O2/c16-15(17,18)23(20,21)22-14-9-12(6-7-13(14)10-19)8-11-4-2-1-3-5-11;15-10-13-7-6-12(9-14(13)16)8-11-4-2-1-3-5-11/h1-7,9-10H,8H2;1-7,9-10,16H,8H2. The molecule has 0 bridgehead atoms. The predicted molar refractivity (Wildman–Crippen MR) is 139 cm³/mol. The monoisotopic (exact) mass is 556 g/mol. The van der Waals surface area contributed by atoms with E-state index in [1.165, 1.54) is 17.7 Å². The van der Waals surface area contributed by atoms with E-state index in [4.69, 9.17) is 0 Å². The van der Waals surface area contributed by atoms with Crippen LogP contribution >= 0.6 is 0 Å². The first-order chi connectivity index (χ1) is 18.5. The Balaban J connectivity index is 0.000000230. The maximum atomic E-state index is 12.4. The van der Waals surface area contributed by atoms with E-state index < -0.39 is 21.4 Å². The Hall–Kier alpha value is -4.44. The lowest BCUT2D eigenvalue weighted by molar-refractivity contribution is -0.0500. The molecule has 0 aliphatic rings. The lowest BCUT2D eigenvalue weighted by Crippen LogP contribution is -2.28. The third-order valence-corrected chi connectivity index (χ3v) is 6.38. The summed E-state index contributed by atoms with van der Waals surface area (Å²) in [7, 11) is -5.83. The van der Waals surface area contributed by atoms with Crippen LogP contribution in [0.25, 0.3) is 0 Å². The Morgan fingerprint density at radius 1 is 0.667 bits per heavy atom. The Labute approximate surface area is 223 Å². The van der Waals surface area contributed by atoms with Gasteiger partial charge in [0.1, 0.15) is 5.75 Å². The number of rotatable bonds is 8. The van der Waals surface area contributed by atoms with Crippen LogP contribution in [0.2, 0.25) is 0 Å². The molecule has 0 atom stereocenters. The van der Waals surface area contributed by atoms with Crippen LogP contribution in [0.1, 0.15) is 43.0 Å². The molecule has 0 aromatic heterocycles. The average molecular weight is 557 g/mol. The van der Waals surface area contributed by atoms with Gasteiger partial charge in [-0.3, -0.25) is 9.59 Å². The Morgan fingerprint density at radius 3 is 1.56 bits per heavy atom. The van der Waals surface area contributed by atoms with Gasteiger partial charge in [-0.15, -0.1) is 0 Å². The second-order valence-electron chi connectivity index (χ2n) is 8.31. The number of alkyl halides is 3. The molecule has 0 amide bonds. The van der Waals surface area contributed by atoms with E-state index in [2.05, 4.69) is 4.18 Å². The molecule has 39 heavy (non-hydrogen) atoms. The van der Waals surface area contributed by atoms with E-state index in [1.54, 1.807) is 36.4 Å². The number of halogens is 3. The molecule has 0 aliphatic heterocycles. The van der Waals surface area contributed by atoms with E-state index in [-0.39, 0.29) is 17.6 Å². The molecule has 1 N–H and O–H groups in total. The Morgan fingerprint density at radius 2 is 1.13 bits per heavy atom. The van der Waals surface area contributed by atoms with Crippen molar-refractivity contribution in [3.63, 3.8) is 0 Å². The molecule has 0 spiro atoms. The normalized spacial score (nSPS) is 11.2. The number of aromatic hydroxyl groups is 1. The molecule has 0 unspecified atom stereocenters. The van der Waals surface area contributed by atoms with Gasteiger partial charge in [0, 0.05) is 0 Å². The number of carbonyl (C=O) groups excluding carboxylic acids is 2. The number of hydrogen-bond donors (Lipinski definition) is 1. The van der Waals surface area contributed by atoms with Crippen LogP contribution in [-0.4, -0.2) is 31.6 Å². The van der Waals surface area contributed by atoms with Gasteiger partial charge in [-0.05, 0) is 59.4 Å². The molecular formula is C29H23F3O6S. The van der Waals surface area contributed by atoms with Crippen LogP contribution in [0.15, 0.2) is 97.1 Å². The number of aldehydes is 2. The quantitative estimate of drug-likeness (QED) is 0.160. The van der Waals surface area contributed by atoms with Gasteiger partial charge in [-0.25, -0.2) is 0 Å².